The first kappa shape index (κ1) is 20.1. The highest BCUT2D eigenvalue weighted by Crippen LogP contribution is 2.38. The molecule has 152 valence electrons. The molecule has 0 aliphatic carbocycles. The van der Waals surface area contributed by atoms with Gasteiger partial charge in [0.05, 0.1) is 18.4 Å². The Kier molecular flexibility index (Phi) is 5.79. The maximum Gasteiger partial charge on any atom is 0.363 e. The Morgan fingerprint density at radius 3 is 2.63 bits per heavy atom. The highest BCUT2D eigenvalue weighted by molar-refractivity contribution is 6.32. The molecule has 0 radical (unpaired) electrons. The van der Waals surface area contributed by atoms with E-state index in [0.717, 1.165) is 5.56 Å². The standard InChI is InChI=1S/C22H15Cl2NO5/c1-27-19-11-14(10-17-22(26)30-21(25-17)18-3-2-8-28-18)9-16(24)20(19)29-12-13-4-6-15(23)7-5-13/h2-11H,12H2,1H3/b17-10-. The van der Waals surface area contributed by atoms with Gasteiger partial charge in [-0.3, -0.25) is 0 Å². The van der Waals surface area contributed by atoms with Crippen LogP contribution in [0, 0.1) is 0 Å². The number of hydrogen-bond acceptors (Lipinski definition) is 6. The minimum absolute atomic E-state index is 0.109. The Morgan fingerprint density at radius 1 is 1.13 bits per heavy atom. The first-order valence-electron chi connectivity index (χ1n) is 8.84. The van der Waals surface area contributed by atoms with Gasteiger partial charge in [-0.05, 0) is 53.6 Å². The average molecular weight is 444 g/mol. The largest absolute Gasteiger partial charge is 0.493 e. The molecule has 0 saturated heterocycles. The van der Waals surface area contributed by atoms with Crippen LogP contribution in [-0.2, 0) is 16.1 Å². The van der Waals surface area contributed by atoms with E-state index in [0.29, 0.717) is 32.9 Å². The quantitative estimate of drug-likeness (QED) is 0.370. The fourth-order valence-electron chi connectivity index (χ4n) is 2.77. The van der Waals surface area contributed by atoms with Crippen LogP contribution in [-0.4, -0.2) is 19.0 Å². The lowest BCUT2D eigenvalue weighted by Crippen LogP contribution is -2.04. The van der Waals surface area contributed by atoms with E-state index in [1.54, 1.807) is 42.5 Å². The molecule has 0 N–H and O–H groups in total. The van der Waals surface area contributed by atoms with Crippen molar-refractivity contribution in [3.63, 3.8) is 0 Å². The fraction of sp³-hybridized carbons (Fsp3) is 0.0909. The summed E-state index contributed by atoms with van der Waals surface area (Å²) in [5, 5.41) is 0.979. The molecule has 0 saturated carbocycles. The van der Waals surface area contributed by atoms with Crippen molar-refractivity contribution in [1.82, 2.24) is 0 Å². The molecular formula is C22H15Cl2NO5. The number of hydrogen-bond donors (Lipinski definition) is 0. The molecule has 0 atom stereocenters. The van der Waals surface area contributed by atoms with Crippen LogP contribution in [0.4, 0.5) is 0 Å². The SMILES string of the molecule is COc1cc(/C=C2\N=C(c3ccco3)OC2=O)cc(Cl)c1OCc1ccc(Cl)cc1. The lowest BCUT2D eigenvalue weighted by atomic mass is 10.1. The Balaban J connectivity index is 1.58. The molecule has 0 spiro atoms. The van der Waals surface area contributed by atoms with Gasteiger partial charge in [0.15, 0.2) is 23.0 Å². The molecule has 0 amide bonds. The van der Waals surface area contributed by atoms with Crippen LogP contribution in [0.2, 0.25) is 10.0 Å². The van der Waals surface area contributed by atoms with Gasteiger partial charge in [0.2, 0.25) is 0 Å². The molecule has 2 aromatic carbocycles. The van der Waals surface area contributed by atoms with Crippen molar-refractivity contribution in [1.29, 1.82) is 0 Å². The number of carbonyl (C=O) groups is 1. The monoisotopic (exact) mass is 443 g/mol. The van der Waals surface area contributed by atoms with Gasteiger partial charge in [-0.1, -0.05) is 35.3 Å². The van der Waals surface area contributed by atoms with E-state index in [2.05, 4.69) is 4.99 Å². The summed E-state index contributed by atoms with van der Waals surface area (Å²) in [6, 6.07) is 14.0. The number of furan rings is 1. The molecule has 3 aromatic rings. The van der Waals surface area contributed by atoms with E-state index >= 15 is 0 Å². The zero-order valence-corrected chi connectivity index (χ0v) is 17.2. The second-order valence-corrected chi connectivity index (χ2v) is 7.11. The zero-order chi connectivity index (χ0) is 21.1. The maximum atomic E-state index is 12.1. The predicted molar refractivity (Wildman–Crippen MR) is 113 cm³/mol. The van der Waals surface area contributed by atoms with Gasteiger partial charge in [-0.15, -0.1) is 0 Å². The Hall–Kier alpha value is -3.22. The van der Waals surface area contributed by atoms with Crippen molar-refractivity contribution in [2.75, 3.05) is 7.11 Å². The van der Waals surface area contributed by atoms with Crippen LogP contribution < -0.4 is 9.47 Å². The highest BCUT2D eigenvalue weighted by atomic mass is 35.5. The molecule has 0 unspecified atom stereocenters. The molecule has 0 fully saturated rings. The van der Waals surface area contributed by atoms with Crippen LogP contribution >= 0.6 is 23.2 Å². The molecule has 30 heavy (non-hydrogen) atoms. The molecule has 2 heterocycles. The molecule has 1 aliphatic rings. The summed E-state index contributed by atoms with van der Waals surface area (Å²) in [6.45, 7) is 0.289. The third-order valence-electron chi connectivity index (χ3n) is 4.20. The Labute approximate surface area is 182 Å². The van der Waals surface area contributed by atoms with Crippen LogP contribution in [0.25, 0.3) is 6.08 Å². The number of methoxy groups -OCH3 is 1. The Bertz CT molecular complexity index is 1140. The van der Waals surface area contributed by atoms with E-state index in [1.807, 2.05) is 12.1 Å². The minimum atomic E-state index is -0.584. The van der Waals surface area contributed by atoms with Crippen molar-refractivity contribution >= 4 is 41.1 Å². The number of benzene rings is 2. The summed E-state index contributed by atoms with van der Waals surface area (Å²) in [6.07, 6.45) is 3.02. The van der Waals surface area contributed by atoms with Gasteiger partial charge in [-0.2, -0.15) is 0 Å². The van der Waals surface area contributed by atoms with Crippen LogP contribution in [0.3, 0.4) is 0 Å². The number of aliphatic imine (C=N–C) groups is 1. The van der Waals surface area contributed by atoms with Gasteiger partial charge in [0, 0.05) is 5.02 Å². The van der Waals surface area contributed by atoms with E-state index in [-0.39, 0.29) is 18.2 Å². The van der Waals surface area contributed by atoms with Gasteiger partial charge >= 0.3 is 5.97 Å². The second kappa shape index (κ2) is 8.65. The fourth-order valence-corrected chi connectivity index (χ4v) is 3.17. The summed E-state index contributed by atoms with van der Waals surface area (Å²) < 4.78 is 21.6. The molecule has 6 nitrogen and oxygen atoms in total. The van der Waals surface area contributed by atoms with Gasteiger partial charge in [0.25, 0.3) is 5.90 Å². The van der Waals surface area contributed by atoms with Crippen LogP contribution in [0.15, 0.2) is 69.9 Å². The minimum Gasteiger partial charge on any atom is -0.493 e. The van der Waals surface area contributed by atoms with Gasteiger partial charge in [0.1, 0.15) is 6.61 Å². The van der Waals surface area contributed by atoms with Crippen LogP contribution in [0.1, 0.15) is 16.9 Å². The van der Waals surface area contributed by atoms with E-state index in [9.17, 15) is 4.79 Å². The lowest BCUT2D eigenvalue weighted by Gasteiger charge is -2.13. The number of carbonyl (C=O) groups excluding carboxylic acids is 1. The van der Waals surface area contributed by atoms with E-state index in [1.165, 1.54) is 13.4 Å². The van der Waals surface area contributed by atoms with Crippen LogP contribution in [0.5, 0.6) is 11.5 Å². The Morgan fingerprint density at radius 2 is 1.93 bits per heavy atom. The van der Waals surface area contributed by atoms with Gasteiger partial charge < -0.3 is 18.6 Å². The number of nitrogens with zero attached hydrogens (tertiary/aromatic N) is 1. The summed E-state index contributed by atoms with van der Waals surface area (Å²) in [5.41, 5.74) is 1.65. The first-order valence-corrected chi connectivity index (χ1v) is 9.60. The predicted octanol–water partition coefficient (Wildman–Crippen LogP) is 5.52. The number of esters is 1. The molecule has 1 aromatic heterocycles. The smallest absolute Gasteiger partial charge is 0.363 e. The molecule has 8 heteroatoms. The molecule has 0 bridgehead atoms. The van der Waals surface area contributed by atoms with Crippen molar-refractivity contribution in [2.24, 2.45) is 4.99 Å². The highest BCUT2D eigenvalue weighted by Gasteiger charge is 2.26. The summed E-state index contributed by atoms with van der Waals surface area (Å²) in [5.74, 6) is 0.708. The maximum absolute atomic E-state index is 12.1. The number of rotatable bonds is 6. The number of halogens is 2. The average Bonchev–Trinajstić information content (AvgIpc) is 3.38. The van der Waals surface area contributed by atoms with Crippen molar-refractivity contribution in [3.05, 3.63) is 87.4 Å². The number of ether oxygens (including phenoxy) is 3. The van der Waals surface area contributed by atoms with Gasteiger partial charge in [-0.25, -0.2) is 9.79 Å². The molecule has 4 rings (SSSR count). The normalized spacial score (nSPS) is 14.6. The summed E-state index contributed by atoms with van der Waals surface area (Å²) >= 11 is 12.3. The van der Waals surface area contributed by atoms with Crippen molar-refractivity contribution in [3.8, 4) is 11.5 Å². The number of cyclic esters (lactones) is 1. The third kappa shape index (κ3) is 4.35. The first-order chi connectivity index (χ1) is 14.5. The second-order valence-electron chi connectivity index (χ2n) is 6.26. The molecule has 1 aliphatic heterocycles. The van der Waals surface area contributed by atoms with Crippen molar-refractivity contribution < 1.29 is 23.4 Å². The van der Waals surface area contributed by atoms with E-state index < -0.39 is 5.97 Å². The topological polar surface area (TPSA) is 70.3 Å². The zero-order valence-electron chi connectivity index (χ0n) is 15.7. The van der Waals surface area contributed by atoms with E-state index in [4.69, 9.17) is 41.8 Å². The lowest BCUT2D eigenvalue weighted by molar-refractivity contribution is -0.130. The van der Waals surface area contributed by atoms with Crippen molar-refractivity contribution in [2.45, 2.75) is 6.61 Å². The summed E-state index contributed by atoms with van der Waals surface area (Å²) in [4.78, 5) is 16.3. The summed E-state index contributed by atoms with van der Waals surface area (Å²) in [7, 11) is 1.51. The third-order valence-corrected chi connectivity index (χ3v) is 4.74. The molecular weight excluding hydrogens is 429 g/mol.